The molecule has 0 aliphatic heterocycles. The molecule has 0 unspecified atom stereocenters. The number of nitro groups is 1. The van der Waals surface area contributed by atoms with Crippen LogP contribution in [0.1, 0.15) is 21.9 Å². The van der Waals surface area contributed by atoms with Crippen LogP contribution >= 0.6 is 0 Å². The molecule has 0 saturated carbocycles. The number of benzene rings is 2. The van der Waals surface area contributed by atoms with E-state index in [0.29, 0.717) is 5.56 Å². The van der Waals surface area contributed by atoms with Gasteiger partial charge in [0.25, 0.3) is 5.91 Å². The Morgan fingerprint density at radius 3 is 2.26 bits per heavy atom. The Kier molecular flexibility index (Phi) is 5.90. The highest BCUT2D eigenvalue weighted by molar-refractivity contribution is 6.02. The monoisotopic (exact) mass is 442 g/mol. The van der Waals surface area contributed by atoms with Crippen LogP contribution in [0.25, 0.3) is 0 Å². The van der Waals surface area contributed by atoms with Crippen LogP contribution in [0.2, 0.25) is 0 Å². The molecular weight excluding hydrogens is 431 g/mol. The minimum Gasteiger partial charge on any atom is -0.479 e. The smallest absolute Gasteiger partial charge is 0.311 e. The summed E-state index contributed by atoms with van der Waals surface area (Å²) in [6, 6.07) is 6.53. The van der Waals surface area contributed by atoms with E-state index in [1.807, 2.05) is 0 Å². The van der Waals surface area contributed by atoms with E-state index in [2.05, 4.69) is 0 Å². The Morgan fingerprint density at radius 1 is 1.03 bits per heavy atom. The van der Waals surface area contributed by atoms with Crippen molar-refractivity contribution in [1.29, 1.82) is 0 Å². The maximum Gasteiger partial charge on any atom is 0.311 e. The van der Waals surface area contributed by atoms with Crippen molar-refractivity contribution < 1.29 is 40.8 Å². The highest BCUT2D eigenvalue weighted by atomic mass is 19.2. The summed E-state index contributed by atoms with van der Waals surface area (Å²) in [5, 5.41) is 12.6. The van der Waals surface area contributed by atoms with Crippen molar-refractivity contribution in [3.05, 3.63) is 86.6 Å². The fourth-order valence-corrected chi connectivity index (χ4v) is 2.51. The first-order valence-electron chi connectivity index (χ1n) is 8.39. The number of carbonyl (C=O) groups excluding carboxylic acids is 1. The Morgan fingerprint density at radius 2 is 1.65 bits per heavy atom. The first kappa shape index (κ1) is 21.7. The van der Waals surface area contributed by atoms with E-state index in [0.717, 1.165) is 6.07 Å². The van der Waals surface area contributed by atoms with Gasteiger partial charge in [-0.2, -0.15) is 0 Å². The molecule has 1 heterocycles. The average Bonchev–Trinajstić information content (AvgIpc) is 3.22. The molecule has 12 heteroatoms. The lowest BCUT2D eigenvalue weighted by atomic mass is 10.2. The number of amides is 1. The first-order valence-corrected chi connectivity index (χ1v) is 8.39. The fraction of sp³-hybridized carbons (Fsp3) is 0.105. The molecule has 0 bridgehead atoms. The van der Waals surface area contributed by atoms with E-state index in [-0.39, 0.29) is 23.8 Å². The van der Waals surface area contributed by atoms with Gasteiger partial charge in [-0.3, -0.25) is 14.9 Å². The maximum atomic E-state index is 13.7. The number of carbonyl (C=O) groups is 1. The zero-order valence-corrected chi connectivity index (χ0v) is 15.5. The lowest BCUT2D eigenvalue weighted by Crippen LogP contribution is -2.16. The van der Waals surface area contributed by atoms with Crippen molar-refractivity contribution in [3.63, 3.8) is 0 Å². The second-order valence-corrected chi connectivity index (χ2v) is 6.18. The molecule has 0 saturated heterocycles. The third-order valence-corrected chi connectivity index (χ3v) is 4.01. The van der Waals surface area contributed by atoms with Crippen molar-refractivity contribution in [3.8, 4) is 5.75 Å². The third-order valence-electron chi connectivity index (χ3n) is 4.01. The molecule has 0 spiro atoms. The van der Waals surface area contributed by atoms with E-state index in [1.54, 1.807) is 18.3 Å². The third kappa shape index (κ3) is 4.32. The van der Waals surface area contributed by atoms with Gasteiger partial charge in [-0.1, -0.05) is 6.07 Å². The van der Waals surface area contributed by atoms with E-state index < -0.39 is 51.4 Å². The number of rotatable bonds is 6. The molecule has 1 amide bonds. The van der Waals surface area contributed by atoms with Crippen LogP contribution in [-0.2, 0) is 6.61 Å². The molecule has 7 nitrogen and oxygen atoms in total. The quantitative estimate of drug-likeness (QED) is 0.190. The molecule has 0 radical (unpaired) electrons. The van der Waals surface area contributed by atoms with Gasteiger partial charge in [0, 0.05) is 6.07 Å². The molecule has 162 valence electrons. The van der Waals surface area contributed by atoms with Crippen LogP contribution in [0.4, 0.5) is 33.3 Å². The minimum absolute atomic E-state index is 0.00238. The number of furan rings is 1. The number of ether oxygens (including phenoxy) is 1. The highest BCUT2D eigenvalue weighted by Crippen LogP contribution is 2.29. The normalized spacial score (nSPS) is 10.8. The highest BCUT2D eigenvalue weighted by Gasteiger charge is 2.27. The molecule has 0 fully saturated rings. The molecule has 0 aliphatic rings. The largest absolute Gasteiger partial charge is 0.479 e. The van der Waals surface area contributed by atoms with Gasteiger partial charge in [0.1, 0.15) is 18.1 Å². The molecule has 1 N–H and O–H groups in total. The van der Waals surface area contributed by atoms with E-state index in [1.165, 1.54) is 18.2 Å². The van der Waals surface area contributed by atoms with Gasteiger partial charge >= 0.3 is 5.69 Å². The van der Waals surface area contributed by atoms with Crippen LogP contribution in [0, 0.1) is 46.1 Å². The Balaban J connectivity index is 1.75. The molecule has 1 aromatic heterocycles. The van der Waals surface area contributed by atoms with Gasteiger partial charge in [-0.15, -0.1) is 0 Å². The molecule has 0 atom stereocenters. The maximum absolute atomic E-state index is 13.7. The molecule has 3 rings (SSSR count). The first-order chi connectivity index (χ1) is 14.6. The van der Waals surface area contributed by atoms with Crippen molar-refractivity contribution >= 4 is 17.3 Å². The summed E-state index contributed by atoms with van der Waals surface area (Å²) in [6.45, 7) is 1.30. The summed E-state index contributed by atoms with van der Waals surface area (Å²) in [5.74, 6) is -13.1. The zero-order valence-electron chi connectivity index (χ0n) is 15.5. The van der Waals surface area contributed by atoms with E-state index >= 15 is 0 Å². The second-order valence-electron chi connectivity index (χ2n) is 6.18. The summed E-state index contributed by atoms with van der Waals surface area (Å²) in [5.41, 5.74) is -1.20. The van der Waals surface area contributed by atoms with Gasteiger partial charge < -0.3 is 14.5 Å². The number of halogens is 5. The lowest BCUT2D eigenvalue weighted by Gasteiger charge is -2.09. The molecular formula is C19H11F5N2O5. The number of anilines is 1. The second kappa shape index (κ2) is 8.42. The van der Waals surface area contributed by atoms with Crippen LogP contribution in [0.3, 0.4) is 0 Å². The fourth-order valence-electron chi connectivity index (χ4n) is 2.51. The predicted molar refractivity (Wildman–Crippen MR) is 95.1 cm³/mol. The summed E-state index contributed by atoms with van der Waals surface area (Å²) in [7, 11) is 0. The minimum atomic E-state index is -2.37. The topological polar surface area (TPSA) is 94.6 Å². The lowest BCUT2D eigenvalue weighted by molar-refractivity contribution is -0.386. The number of hydrogen-bond donors (Lipinski definition) is 1. The van der Waals surface area contributed by atoms with Crippen LogP contribution in [-0.4, -0.2) is 10.8 Å². The Hall–Kier alpha value is -3.96. The summed E-state index contributed by atoms with van der Waals surface area (Å²) >= 11 is 0. The Bertz CT molecular complexity index is 1170. The van der Waals surface area contributed by atoms with Crippen molar-refractivity contribution in [2.24, 2.45) is 0 Å². The van der Waals surface area contributed by atoms with Crippen LogP contribution < -0.4 is 10.1 Å². The number of nitrogens with zero attached hydrogens (tertiary/aromatic N) is 1. The SMILES string of the molecule is Cc1ccc(OCc2ccc(C(=O)Nc3c(F)c(F)c(F)c(F)c3F)o2)c([N+](=O)[O-])c1. The number of hydrogen-bond acceptors (Lipinski definition) is 5. The summed E-state index contributed by atoms with van der Waals surface area (Å²) < 4.78 is 77.3. The van der Waals surface area contributed by atoms with Gasteiger partial charge in [0.05, 0.1) is 4.92 Å². The average molecular weight is 442 g/mol. The van der Waals surface area contributed by atoms with Gasteiger partial charge in [0.15, 0.2) is 34.8 Å². The number of nitrogens with one attached hydrogen (secondary N) is 1. The predicted octanol–water partition coefficient (Wildman–Crippen LogP) is 5.02. The Labute approximate surface area is 170 Å². The molecule has 3 aromatic rings. The standard InChI is InChI=1S/C19H11F5N2O5/c1-8-2-4-11(10(6-8)26(28)29)30-7-9-3-5-12(31-9)19(27)25-18-16(23)14(21)13(20)15(22)17(18)24/h2-6H,7H2,1H3,(H,25,27). The van der Waals surface area contributed by atoms with Crippen LogP contribution in [0.5, 0.6) is 5.75 Å². The van der Waals surface area contributed by atoms with Crippen LogP contribution in [0.15, 0.2) is 34.7 Å². The molecule has 0 aliphatic carbocycles. The van der Waals surface area contributed by atoms with Gasteiger partial charge in [-0.25, -0.2) is 22.0 Å². The summed E-state index contributed by atoms with van der Waals surface area (Å²) in [6.07, 6.45) is 0. The van der Waals surface area contributed by atoms with Gasteiger partial charge in [-0.05, 0) is 30.7 Å². The molecule has 2 aromatic carbocycles. The summed E-state index contributed by atoms with van der Waals surface area (Å²) in [4.78, 5) is 22.5. The van der Waals surface area contributed by atoms with E-state index in [4.69, 9.17) is 9.15 Å². The van der Waals surface area contributed by atoms with Gasteiger partial charge in [0.2, 0.25) is 5.82 Å². The zero-order chi connectivity index (χ0) is 22.9. The van der Waals surface area contributed by atoms with Crippen molar-refractivity contribution in [2.75, 3.05) is 5.32 Å². The number of aryl methyl sites for hydroxylation is 1. The molecule has 31 heavy (non-hydrogen) atoms. The number of nitro benzene ring substituents is 1. The van der Waals surface area contributed by atoms with Crippen molar-refractivity contribution in [1.82, 2.24) is 0 Å². The van der Waals surface area contributed by atoms with E-state index in [9.17, 15) is 36.9 Å². The van der Waals surface area contributed by atoms with Crippen molar-refractivity contribution in [2.45, 2.75) is 13.5 Å².